The van der Waals surface area contributed by atoms with Crippen LogP contribution in [0.4, 0.5) is 0 Å². The van der Waals surface area contributed by atoms with Crippen molar-refractivity contribution >= 4 is 139 Å². The van der Waals surface area contributed by atoms with Gasteiger partial charge in [-0.05, 0) is 48.5 Å². The van der Waals surface area contributed by atoms with Crippen molar-refractivity contribution in [3.05, 3.63) is 109 Å². The Bertz CT molecular complexity index is 1160. The predicted octanol–water partition coefficient (Wildman–Crippen LogP) is 13.4. The summed E-state index contributed by atoms with van der Waals surface area (Å²) in [5.41, 5.74) is 0. The Morgan fingerprint density at radius 2 is 0.415 bits per heavy atom. The predicted molar refractivity (Wildman–Crippen MR) is 173 cm³/mol. The third kappa shape index (κ3) is 12.7. The molecular formula is C24H12Cl12O4Ti. The maximum atomic E-state index is 8.95. The molecule has 220 valence electrons. The molecule has 0 fully saturated rings. The minimum Gasteiger partial charge on any atom is -0.506 e. The fourth-order valence-electron chi connectivity index (χ4n) is 2.06. The van der Waals surface area contributed by atoms with Gasteiger partial charge in [-0.1, -0.05) is 139 Å². The molecule has 17 heteroatoms. The molecule has 0 saturated carbocycles. The van der Waals surface area contributed by atoms with Gasteiger partial charge in [0.25, 0.3) is 0 Å². The van der Waals surface area contributed by atoms with Crippen molar-refractivity contribution in [3.8, 4) is 23.0 Å². The third-order valence-corrected chi connectivity index (χ3v) is 9.19. The Hall–Kier alpha value is 0.274. The molecule has 0 saturated heterocycles. The third-order valence-electron chi connectivity index (χ3n) is 4.06. The average Bonchev–Trinajstić information content (AvgIpc) is 2.93. The van der Waals surface area contributed by atoms with Gasteiger partial charge in [0.05, 0.1) is 40.2 Å². The smallest absolute Gasteiger partial charge is 0.135 e. The molecule has 0 aliphatic carbocycles. The number of hydrogen-bond donors (Lipinski definition) is 4. The van der Waals surface area contributed by atoms with E-state index in [1.165, 1.54) is 48.5 Å². The second-order valence-electron chi connectivity index (χ2n) is 6.78. The van der Waals surface area contributed by atoms with E-state index in [0.717, 1.165) is 0 Å². The molecule has 0 aliphatic rings. The topological polar surface area (TPSA) is 80.9 Å². The molecule has 0 spiro atoms. The van der Waals surface area contributed by atoms with E-state index in [1.807, 2.05) is 0 Å². The van der Waals surface area contributed by atoms with Crippen molar-refractivity contribution in [2.45, 2.75) is 0 Å². The zero-order valence-electron chi connectivity index (χ0n) is 19.4. The van der Waals surface area contributed by atoms with Gasteiger partial charge in [-0.25, -0.2) is 0 Å². The van der Waals surface area contributed by atoms with E-state index in [4.69, 9.17) is 160 Å². The number of hydrogen-bond acceptors (Lipinski definition) is 4. The molecule has 0 bridgehead atoms. The number of halogens is 12. The molecule has 0 aromatic heterocycles. The van der Waals surface area contributed by atoms with Crippen LogP contribution in [0.3, 0.4) is 0 Å². The zero-order valence-corrected chi connectivity index (χ0v) is 30.1. The van der Waals surface area contributed by atoms with Gasteiger partial charge < -0.3 is 20.4 Å². The van der Waals surface area contributed by atoms with Crippen LogP contribution < -0.4 is 0 Å². The van der Waals surface area contributed by atoms with Crippen LogP contribution in [-0.2, 0) is 21.7 Å². The maximum Gasteiger partial charge on any atom is 0.135 e. The summed E-state index contributed by atoms with van der Waals surface area (Å²) in [5, 5.41) is 38.2. The van der Waals surface area contributed by atoms with Crippen molar-refractivity contribution in [2.75, 3.05) is 0 Å². The quantitative estimate of drug-likeness (QED) is 0.105. The normalized spacial score (nSPS) is 9.66. The van der Waals surface area contributed by atoms with Crippen LogP contribution in [-0.4, -0.2) is 20.4 Å². The molecule has 0 unspecified atom stereocenters. The van der Waals surface area contributed by atoms with Gasteiger partial charge >= 0.3 is 0 Å². The summed E-state index contributed by atoms with van der Waals surface area (Å²) in [6.07, 6.45) is 0. The first kappa shape index (κ1) is 41.3. The van der Waals surface area contributed by atoms with E-state index >= 15 is 0 Å². The van der Waals surface area contributed by atoms with Gasteiger partial charge in [0.1, 0.15) is 43.1 Å². The van der Waals surface area contributed by atoms with E-state index in [0.29, 0.717) is 20.1 Å². The molecule has 0 radical (unpaired) electrons. The molecule has 4 N–H and O–H groups in total. The molecule has 0 atom stereocenters. The summed E-state index contributed by atoms with van der Waals surface area (Å²) >= 11 is 66.5. The van der Waals surface area contributed by atoms with E-state index in [9.17, 15) is 0 Å². The molecule has 0 heterocycles. The Morgan fingerprint density at radius 3 is 0.537 bits per heavy atom. The Morgan fingerprint density at radius 1 is 0.268 bits per heavy atom. The van der Waals surface area contributed by atoms with Gasteiger partial charge in [-0.2, -0.15) is 0 Å². The van der Waals surface area contributed by atoms with E-state index in [-0.39, 0.29) is 84.9 Å². The van der Waals surface area contributed by atoms with E-state index < -0.39 is 0 Å². The SMILES string of the molecule is Oc1ccc(Cl)c(Cl)c1Cl.Oc1ccc(Cl)c(Cl)c1Cl.Oc1ccc(Cl)c(Cl)c1Cl.Oc1ccc(Cl)c(Cl)c1Cl.[Ti]. The number of phenols is 4. The van der Waals surface area contributed by atoms with Crippen LogP contribution >= 0.6 is 139 Å². The number of aromatic hydroxyl groups is 4. The molecule has 0 aliphatic heterocycles. The first-order chi connectivity index (χ1) is 18.5. The van der Waals surface area contributed by atoms with Gasteiger partial charge in [-0.15, -0.1) is 0 Å². The Balaban J connectivity index is 0.000000516. The molecular weight excluding hydrogens is 826 g/mol. The molecule has 4 nitrogen and oxygen atoms in total. The van der Waals surface area contributed by atoms with Gasteiger partial charge in [0.2, 0.25) is 0 Å². The zero-order chi connectivity index (χ0) is 30.9. The van der Waals surface area contributed by atoms with Crippen molar-refractivity contribution in [1.29, 1.82) is 0 Å². The summed E-state index contributed by atoms with van der Waals surface area (Å²) in [5.74, 6) is -0.237. The molecule has 4 aromatic rings. The summed E-state index contributed by atoms with van der Waals surface area (Å²) in [6.45, 7) is 0. The van der Waals surface area contributed by atoms with Gasteiger partial charge in [0, 0.05) is 21.7 Å². The van der Waals surface area contributed by atoms with Crippen LogP contribution in [0.15, 0.2) is 48.5 Å². The first-order valence-electron chi connectivity index (χ1n) is 9.80. The van der Waals surface area contributed by atoms with Crippen molar-refractivity contribution in [3.63, 3.8) is 0 Å². The number of benzene rings is 4. The Kier molecular flexibility index (Phi) is 19.7. The monoisotopic (exact) mass is 832 g/mol. The van der Waals surface area contributed by atoms with Crippen LogP contribution in [0, 0.1) is 0 Å². The molecule has 4 rings (SSSR count). The van der Waals surface area contributed by atoms with Crippen molar-refractivity contribution in [2.24, 2.45) is 0 Å². The van der Waals surface area contributed by atoms with E-state index in [2.05, 4.69) is 0 Å². The minimum atomic E-state index is -0.0592. The maximum absolute atomic E-state index is 8.95. The second-order valence-corrected chi connectivity index (χ2v) is 11.4. The molecule has 41 heavy (non-hydrogen) atoms. The van der Waals surface area contributed by atoms with Crippen molar-refractivity contribution in [1.82, 2.24) is 0 Å². The summed E-state index contributed by atoms with van der Waals surface area (Å²) in [7, 11) is 0. The van der Waals surface area contributed by atoms with Gasteiger partial charge in [-0.3, -0.25) is 0 Å². The number of rotatable bonds is 0. The molecule has 4 aromatic carbocycles. The fourth-order valence-corrected chi connectivity index (χ4v) is 4.18. The van der Waals surface area contributed by atoms with Crippen LogP contribution in [0.2, 0.25) is 60.3 Å². The average molecular weight is 838 g/mol. The summed E-state index contributed by atoms with van der Waals surface area (Å²) in [6, 6.07) is 11.5. The second kappa shape index (κ2) is 19.6. The van der Waals surface area contributed by atoms with Crippen LogP contribution in [0.1, 0.15) is 0 Å². The summed E-state index contributed by atoms with van der Waals surface area (Å²) in [4.78, 5) is 0. The van der Waals surface area contributed by atoms with Crippen LogP contribution in [0.25, 0.3) is 0 Å². The largest absolute Gasteiger partial charge is 0.506 e. The summed E-state index contributed by atoms with van der Waals surface area (Å²) < 4.78 is 0. The first-order valence-corrected chi connectivity index (χ1v) is 14.3. The van der Waals surface area contributed by atoms with Crippen molar-refractivity contribution < 1.29 is 42.1 Å². The molecule has 0 amide bonds. The van der Waals surface area contributed by atoms with Crippen LogP contribution in [0.5, 0.6) is 23.0 Å². The minimum absolute atomic E-state index is 0. The fraction of sp³-hybridized carbons (Fsp3) is 0. The standard InChI is InChI=1S/4C6H3Cl3O.Ti/c4*7-3-1-2-4(10)6(9)5(3)8;/h4*1-2,10H;. The van der Waals surface area contributed by atoms with E-state index in [1.54, 1.807) is 0 Å². The van der Waals surface area contributed by atoms with Gasteiger partial charge in [0.15, 0.2) is 0 Å². The number of phenolic OH excluding ortho intramolecular Hbond substituents is 4. The Labute approximate surface area is 309 Å².